The number of hydrogen-bond acceptors (Lipinski definition) is 3. The molecule has 0 unspecified atom stereocenters. The Morgan fingerprint density at radius 3 is 2.80 bits per heavy atom. The molecular formula is C16H22N2O2. The van der Waals surface area contributed by atoms with Crippen molar-refractivity contribution in [2.75, 3.05) is 6.54 Å². The molecule has 0 heterocycles. The van der Waals surface area contributed by atoms with Gasteiger partial charge in [-0.05, 0) is 24.0 Å². The molecule has 2 atom stereocenters. The molecule has 1 aromatic carbocycles. The van der Waals surface area contributed by atoms with Gasteiger partial charge in [0.1, 0.15) is 0 Å². The lowest BCUT2D eigenvalue weighted by Crippen LogP contribution is -2.41. The van der Waals surface area contributed by atoms with Gasteiger partial charge in [0.05, 0.1) is 18.7 Å². The Morgan fingerprint density at radius 1 is 1.25 bits per heavy atom. The summed E-state index contributed by atoms with van der Waals surface area (Å²) >= 11 is 0. The Bertz CT molecular complexity index is 483. The van der Waals surface area contributed by atoms with Gasteiger partial charge in [-0.25, -0.2) is 0 Å². The van der Waals surface area contributed by atoms with Crippen molar-refractivity contribution in [3.8, 4) is 0 Å². The summed E-state index contributed by atoms with van der Waals surface area (Å²) in [5.74, 6) is -0.0300. The van der Waals surface area contributed by atoms with Gasteiger partial charge in [-0.15, -0.1) is 0 Å². The third-order valence-electron chi connectivity index (χ3n) is 4.43. The van der Waals surface area contributed by atoms with Crippen molar-refractivity contribution >= 4 is 5.91 Å². The van der Waals surface area contributed by atoms with Crippen LogP contribution in [0.4, 0.5) is 0 Å². The van der Waals surface area contributed by atoms with Gasteiger partial charge >= 0.3 is 0 Å². The molecule has 2 aliphatic carbocycles. The van der Waals surface area contributed by atoms with Crippen LogP contribution in [0.1, 0.15) is 42.9 Å². The lowest BCUT2D eigenvalue weighted by molar-refractivity contribution is -0.121. The molecule has 0 radical (unpaired) electrons. The molecule has 4 heteroatoms. The number of hydrogen-bond donors (Lipinski definition) is 3. The number of fused-ring (bicyclic) bond motifs is 1. The molecule has 1 saturated carbocycles. The van der Waals surface area contributed by atoms with E-state index in [0.717, 1.165) is 11.1 Å². The first-order valence-corrected chi connectivity index (χ1v) is 7.52. The zero-order chi connectivity index (χ0) is 13.9. The van der Waals surface area contributed by atoms with Crippen LogP contribution in [-0.4, -0.2) is 29.7 Å². The minimum absolute atomic E-state index is 0.0300. The highest BCUT2D eigenvalue weighted by Crippen LogP contribution is 2.31. The predicted octanol–water partition coefficient (Wildman–Crippen LogP) is 1.29. The molecule has 1 fully saturated rings. The molecule has 0 spiro atoms. The van der Waals surface area contributed by atoms with E-state index in [1.807, 2.05) is 24.3 Å². The number of aliphatic hydroxyl groups is 1. The first kappa shape index (κ1) is 13.6. The SMILES string of the molecule is O=C(CNC1CCCC1)N[C@H]1c2ccccc2C[C@H]1O. The standard InChI is InChI=1S/C16H22N2O2/c19-14-9-11-5-1-4-8-13(11)16(14)18-15(20)10-17-12-6-2-3-7-12/h1,4-5,8,12,14,16-17,19H,2-3,6-7,9-10H2,(H,18,20)/t14-,16+/m1/s1. The highest BCUT2D eigenvalue weighted by Gasteiger charge is 2.31. The molecule has 4 nitrogen and oxygen atoms in total. The van der Waals surface area contributed by atoms with E-state index in [9.17, 15) is 9.90 Å². The molecule has 0 aliphatic heterocycles. The minimum Gasteiger partial charge on any atom is -0.390 e. The Kier molecular flexibility index (Phi) is 4.03. The summed E-state index contributed by atoms with van der Waals surface area (Å²) < 4.78 is 0. The van der Waals surface area contributed by atoms with Gasteiger partial charge in [-0.1, -0.05) is 37.1 Å². The molecule has 108 valence electrons. The molecule has 1 amide bonds. The fourth-order valence-corrected chi connectivity index (χ4v) is 3.34. The largest absolute Gasteiger partial charge is 0.390 e. The molecule has 2 aliphatic rings. The van der Waals surface area contributed by atoms with Gasteiger partial charge in [0.2, 0.25) is 5.91 Å². The van der Waals surface area contributed by atoms with Crippen molar-refractivity contribution in [1.29, 1.82) is 0 Å². The lowest BCUT2D eigenvalue weighted by Gasteiger charge is -2.19. The summed E-state index contributed by atoms with van der Waals surface area (Å²) in [4.78, 5) is 12.0. The maximum atomic E-state index is 12.0. The van der Waals surface area contributed by atoms with Crippen LogP contribution in [0.2, 0.25) is 0 Å². The van der Waals surface area contributed by atoms with Crippen molar-refractivity contribution in [3.05, 3.63) is 35.4 Å². The summed E-state index contributed by atoms with van der Waals surface area (Å²) in [5, 5.41) is 16.4. The molecular weight excluding hydrogens is 252 g/mol. The van der Waals surface area contributed by atoms with Crippen LogP contribution in [0.25, 0.3) is 0 Å². The van der Waals surface area contributed by atoms with Crippen molar-refractivity contribution in [2.24, 2.45) is 0 Å². The topological polar surface area (TPSA) is 61.4 Å². The number of nitrogens with one attached hydrogen (secondary N) is 2. The second-order valence-electron chi connectivity index (χ2n) is 5.88. The molecule has 0 bridgehead atoms. The zero-order valence-corrected chi connectivity index (χ0v) is 11.6. The number of aliphatic hydroxyl groups excluding tert-OH is 1. The molecule has 20 heavy (non-hydrogen) atoms. The van der Waals surface area contributed by atoms with Gasteiger partial charge in [-0.2, -0.15) is 0 Å². The van der Waals surface area contributed by atoms with E-state index in [0.29, 0.717) is 19.0 Å². The fraction of sp³-hybridized carbons (Fsp3) is 0.562. The van der Waals surface area contributed by atoms with Crippen LogP contribution in [0, 0.1) is 0 Å². The van der Waals surface area contributed by atoms with E-state index in [1.54, 1.807) is 0 Å². The van der Waals surface area contributed by atoms with Gasteiger partial charge in [0.15, 0.2) is 0 Å². The third-order valence-corrected chi connectivity index (χ3v) is 4.43. The maximum Gasteiger partial charge on any atom is 0.234 e. The van der Waals surface area contributed by atoms with Crippen molar-refractivity contribution in [2.45, 2.75) is 50.3 Å². The zero-order valence-electron chi connectivity index (χ0n) is 11.6. The van der Waals surface area contributed by atoms with Crippen molar-refractivity contribution in [1.82, 2.24) is 10.6 Å². The number of amides is 1. The highest BCUT2D eigenvalue weighted by molar-refractivity contribution is 5.78. The minimum atomic E-state index is -0.511. The fourth-order valence-electron chi connectivity index (χ4n) is 3.34. The molecule has 3 rings (SSSR count). The normalized spacial score (nSPS) is 25.6. The maximum absolute atomic E-state index is 12.0. The van der Waals surface area contributed by atoms with Crippen LogP contribution in [0.3, 0.4) is 0 Å². The monoisotopic (exact) mass is 274 g/mol. The van der Waals surface area contributed by atoms with Crippen molar-refractivity contribution in [3.63, 3.8) is 0 Å². The number of benzene rings is 1. The van der Waals surface area contributed by atoms with E-state index in [-0.39, 0.29) is 11.9 Å². The van der Waals surface area contributed by atoms with E-state index >= 15 is 0 Å². The van der Waals surface area contributed by atoms with Crippen molar-refractivity contribution < 1.29 is 9.90 Å². The lowest BCUT2D eigenvalue weighted by atomic mass is 10.1. The first-order chi connectivity index (χ1) is 9.74. The Hall–Kier alpha value is -1.39. The predicted molar refractivity (Wildman–Crippen MR) is 77.3 cm³/mol. The van der Waals surface area contributed by atoms with Gasteiger partial charge < -0.3 is 15.7 Å². The Balaban J connectivity index is 1.55. The summed E-state index contributed by atoms with van der Waals surface area (Å²) in [5.41, 5.74) is 2.18. The van der Waals surface area contributed by atoms with Gasteiger partial charge in [0.25, 0.3) is 0 Å². The summed E-state index contributed by atoms with van der Waals surface area (Å²) in [7, 11) is 0. The molecule has 0 aromatic heterocycles. The van der Waals surface area contributed by atoms with E-state index < -0.39 is 6.10 Å². The summed E-state index contributed by atoms with van der Waals surface area (Å²) in [6.45, 7) is 0.343. The third kappa shape index (κ3) is 2.86. The van der Waals surface area contributed by atoms with Crippen LogP contribution >= 0.6 is 0 Å². The average molecular weight is 274 g/mol. The van der Waals surface area contributed by atoms with E-state index in [4.69, 9.17) is 0 Å². The second-order valence-corrected chi connectivity index (χ2v) is 5.88. The van der Waals surface area contributed by atoms with E-state index in [1.165, 1.54) is 25.7 Å². The van der Waals surface area contributed by atoms with Crippen LogP contribution in [0.5, 0.6) is 0 Å². The second kappa shape index (κ2) is 5.94. The average Bonchev–Trinajstić information content (AvgIpc) is 3.06. The molecule has 3 N–H and O–H groups in total. The molecule has 0 saturated heterocycles. The molecule has 1 aromatic rings. The summed E-state index contributed by atoms with van der Waals surface area (Å²) in [6, 6.07) is 8.15. The quantitative estimate of drug-likeness (QED) is 0.775. The smallest absolute Gasteiger partial charge is 0.234 e. The number of carbonyl (C=O) groups excluding carboxylic acids is 1. The number of carbonyl (C=O) groups is 1. The first-order valence-electron chi connectivity index (χ1n) is 7.52. The van der Waals surface area contributed by atoms with Crippen LogP contribution < -0.4 is 10.6 Å². The highest BCUT2D eigenvalue weighted by atomic mass is 16.3. The Labute approximate surface area is 119 Å². The number of rotatable bonds is 4. The van der Waals surface area contributed by atoms with Gasteiger partial charge in [-0.3, -0.25) is 4.79 Å². The summed E-state index contributed by atoms with van der Waals surface area (Å²) in [6.07, 6.45) is 4.96. The van der Waals surface area contributed by atoms with Gasteiger partial charge in [0, 0.05) is 12.5 Å². The van der Waals surface area contributed by atoms with E-state index in [2.05, 4.69) is 10.6 Å². The van der Waals surface area contributed by atoms with Crippen LogP contribution in [0.15, 0.2) is 24.3 Å². The Morgan fingerprint density at radius 2 is 2.00 bits per heavy atom. The van der Waals surface area contributed by atoms with Crippen LogP contribution in [-0.2, 0) is 11.2 Å².